The summed E-state index contributed by atoms with van der Waals surface area (Å²) in [6, 6.07) is 0. The molecule has 0 radical (unpaired) electrons. The third kappa shape index (κ3) is 2.87. The lowest BCUT2D eigenvalue weighted by atomic mass is 10.1. The third-order valence-electron chi connectivity index (χ3n) is 2.15. The number of nitrogens with zero attached hydrogens (tertiary/aromatic N) is 1. The van der Waals surface area contributed by atoms with Gasteiger partial charge in [-0.25, -0.2) is 0 Å². The largest absolute Gasteiger partial charge is 0.382 e. The van der Waals surface area contributed by atoms with E-state index >= 15 is 0 Å². The fourth-order valence-electron chi connectivity index (χ4n) is 1.52. The van der Waals surface area contributed by atoms with Crippen LogP contribution in [0.25, 0.3) is 0 Å². The Morgan fingerprint density at radius 3 is 2.62 bits per heavy atom. The predicted molar refractivity (Wildman–Crippen MR) is 58.1 cm³/mol. The third-order valence-corrected chi connectivity index (χ3v) is 2.15. The fraction of sp³-hybridized carbons (Fsp3) is 0.727. The van der Waals surface area contributed by atoms with E-state index in [1.807, 2.05) is 0 Å². The summed E-state index contributed by atoms with van der Waals surface area (Å²) < 4.78 is 0. The van der Waals surface area contributed by atoms with Gasteiger partial charge >= 0.3 is 0 Å². The highest BCUT2D eigenvalue weighted by Gasteiger charge is 2.19. The van der Waals surface area contributed by atoms with Crippen LogP contribution in [-0.2, 0) is 0 Å². The first-order valence-corrected chi connectivity index (χ1v) is 4.91. The highest BCUT2D eigenvalue weighted by molar-refractivity contribution is 5.97. The topological polar surface area (TPSA) is 24.4 Å². The summed E-state index contributed by atoms with van der Waals surface area (Å²) >= 11 is 0. The van der Waals surface area contributed by atoms with Crippen LogP contribution in [0.3, 0.4) is 0 Å². The molecule has 2 heteroatoms. The Labute approximate surface area is 81.1 Å². The molecule has 1 aliphatic rings. The molecule has 1 aliphatic heterocycles. The van der Waals surface area contributed by atoms with E-state index in [0.717, 1.165) is 6.54 Å². The van der Waals surface area contributed by atoms with Gasteiger partial charge in [-0.3, -0.25) is 4.99 Å². The Morgan fingerprint density at radius 2 is 2.08 bits per heavy atom. The molecule has 74 valence electrons. The van der Waals surface area contributed by atoms with Crippen LogP contribution in [-0.4, -0.2) is 17.8 Å². The molecule has 0 bridgehead atoms. The molecule has 1 rings (SSSR count). The number of nitrogens with one attached hydrogen (secondary N) is 1. The predicted octanol–water partition coefficient (Wildman–Crippen LogP) is 2.37. The molecule has 0 aromatic carbocycles. The second-order valence-electron chi connectivity index (χ2n) is 4.73. The average Bonchev–Trinajstić information content (AvgIpc) is 2.07. The summed E-state index contributed by atoms with van der Waals surface area (Å²) in [4.78, 5) is 4.60. The minimum atomic E-state index is 0.0945. The first-order chi connectivity index (χ1) is 5.91. The molecule has 1 N–H and O–H groups in total. The Bertz CT molecular complexity index is 247. The second-order valence-corrected chi connectivity index (χ2v) is 4.73. The Kier molecular flexibility index (Phi) is 2.79. The van der Waals surface area contributed by atoms with Crippen LogP contribution in [0.1, 0.15) is 34.6 Å². The molecule has 13 heavy (non-hydrogen) atoms. The van der Waals surface area contributed by atoms with E-state index in [-0.39, 0.29) is 5.54 Å². The number of allylic oxidation sites excluding steroid dienone is 2. The normalized spacial score (nSPS) is 21.7. The van der Waals surface area contributed by atoms with Gasteiger partial charge in [0.25, 0.3) is 0 Å². The maximum atomic E-state index is 4.60. The zero-order valence-electron chi connectivity index (χ0n) is 9.31. The quantitative estimate of drug-likeness (QED) is 0.658. The minimum absolute atomic E-state index is 0.0945. The lowest BCUT2D eigenvalue weighted by Crippen LogP contribution is -2.40. The van der Waals surface area contributed by atoms with Crippen LogP contribution < -0.4 is 5.32 Å². The summed E-state index contributed by atoms with van der Waals surface area (Å²) in [5, 5.41) is 3.45. The average molecular weight is 180 g/mol. The van der Waals surface area contributed by atoms with Gasteiger partial charge in [0.1, 0.15) is 0 Å². The van der Waals surface area contributed by atoms with E-state index in [0.29, 0.717) is 5.92 Å². The van der Waals surface area contributed by atoms with Crippen molar-refractivity contribution < 1.29 is 0 Å². The van der Waals surface area contributed by atoms with Gasteiger partial charge in [-0.05, 0) is 32.8 Å². The van der Waals surface area contributed by atoms with Crippen molar-refractivity contribution in [2.24, 2.45) is 10.9 Å². The monoisotopic (exact) mass is 180 g/mol. The molecule has 0 amide bonds. The highest BCUT2D eigenvalue weighted by Crippen LogP contribution is 2.13. The van der Waals surface area contributed by atoms with Crippen LogP contribution in [0.2, 0.25) is 0 Å². The van der Waals surface area contributed by atoms with Crippen molar-refractivity contribution in [3.05, 3.63) is 11.8 Å². The van der Waals surface area contributed by atoms with Crippen molar-refractivity contribution in [2.45, 2.75) is 40.2 Å². The van der Waals surface area contributed by atoms with Gasteiger partial charge in [0, 0.05) is 11.4 Å². The highest BCUT2D eigenvalue weighted by atomic mass is 15.0. The summed E-state index contributed by atoms with van der Waals surface area (Å²) in [5.74, 6) is 0.519. The van der Waals surface area contributed by atoms with Crippen LogP contribution in [0, 0.1) is 5.92 Å². The molecular weight excluding hydrogens is 160 g/mol. The molecule has 0 unspecified atom stereocenters. The molecule has 0 fully saturated rings. The number of aliphatic imine (C=N–C) groups is 1. The Hall–Kier alpha value is -0.790. The van der Waals surface area contributed by atoms with Crippen molar-refractivity contribution in [3.8, 4) is 0 Å². The van der Waals surface area contributed by atoms with Gasteiger partial charge in [-0.2, -0.15) is 0 Å². The zero-order chi connectivity index (χ0) is 10.1. The van der Waals surface area contributed by atoms with Crippen molar-refractivity contribution in [1.82, 2.24) is 5.32 Å². The minimum Gasteiger partial charge on any atom is -0.382 e. The molecule has 1 heterocycles. The second kappa shape index (κ2) is 3.52. The van der Waals surface area contributed by atoms with Gasteiger partial charge in [0.05, 0.1) is 12.1 Å². The summed E-state index contributed by atoms with van der Waals surface area (Å²) in [7, 11) is 0. The van der Waals surface area contributed by atoms with E-state index in [1.54, 1.807) is 0 Å². The van der Waals surface area contributed by atoms with Gasteiger partial charge in [0.2, 0.25) is 0 Å². The standard InChI is InChI=1S/C11H20N2/c1-8(2)10-6-9(3)13-11(4,5)7-12-10/h6,8,13H,7H2,1-5H3. The van der Waals surface area contributed by atoms with Crippen LogP contribution in [0.4, 0.5) is 0 Å². The van der Waals surface area contributed by atoms with Crippen molar-refractivity contribution in [3.63, 3.8) is 0 Å². The van der Waals surface area contributed by atoms with Crippen LogP contribution in [0.5, 0.6) is 0 Å². The maximum Gasteiger partial charge on any atom is 0.0617 e. The van der Waals surface area contributed by atoms with Gasteiger partial charge in [-0.15, -0.1) is 0 Å². The first kappa shape index (κ1) is 10.3. The van der Waals surface area contributed by atoms with E-state index in [9.17, 15) is 0 Å². The zero-order valence-corrected chi connectivity index (χ0v) is 9.31. The van der Waals surface area contributed by atoms with Crippen molar-refractivity contribution in [2.75, 3.05) is 6.54 Å². The van der Waals surface area contributed by atoms with E-state index < -0.39 is 0 Å². The molecule has 2 nitrogen and oxygen atoms in total. The molecular formula is C11H20N2. The molecule has 0 spiro atoms. The molecule has 0 saturated heterocycles. The Balaban J connectivity index is 2.89. The molecule has 0 aliphatic carbocycles. The Morgan fingerprint density at radius 1 is 1.46 bits per heavy atom. The van der Waals surface area contributed by atoms with Gasteiger partial charge in [0.15, 0.2) is 0 Å². The number of hydrogen-bond donors (Lipinski definition) is 1. The lowest BCUT2D eigenvalue weighted by molar-refractivity contribution is 0.444. The molecule has 0 saturated carbocycles. The fourth-order valence-corrected chi connectivity index (χ4v) is 1.52. The SMILES string of the molecule is CC1=CC(C(C)C)=NCC(C)(C)N1. The summed E-state index contributed by atoms with van der Waals surface area (Å²) in [6.45, 7) is 11.7. The van der Waals surface area contributed by atoms with Gasteiger partial charge < -0.3 is 5.32 Å². The van der Waals surface area contributed by atoms with Gasteiger partial charge in [-0.1, -0.05) is 13.8 Å². The van der Waals surface area contributed by atoms with E-state index in [4.69, 9.17) is 0 Å². The van der Waals surface area contributed by atoms with Crippen molar-refractivity contribution in [1.29, 1.82) is 0 Å². The number of rotatable bonds is 1. The maximum absolute atomic E-state index is 4.60. The smallest absolute Gasteiger partial charge is 0.0617 e. The van der Waals surface area contributed by atoms with Crippen LogP contribution in [0.15, 0.2) is 16.8 Å². The number of hydrogen-bond acceptors (Lipinski definition) is 2. The first-order valence-electron chi connectivity index (χ1n) is 4.91. The van der Waals surface area contributed by atoms with Crippen molar-refractivity contribution >= 4 is 5.71 Å². The van der Waals surface area contributed by atoms with Crippen LogP contribution >= 0.6 is 0 Å². The summed E-state index contributed by atoms with van der Waals surface area (Å²) in [5.41, 5.74) is 2.52. The lowest BCUT2D eigenvalue weighted by Gasteiger charge is -2.24. The summed E-state index contributed by atoms with van der Waals surface area (Å²) in [6.07, 6.45) is 2.15. The molecule has 0 aromatic rings. The van der Waals surface area contributed by atoms with E-state index in [1.165, 1.54) is 11.4 Å². The van der Waals surface area contributed by atoms with E-state index in [2.05, 4.69) is 51.0 Å². The molecule has 0 aromatic heterocycles. The molecule has 0 atom stereocenters.